The summed E-state index contributed by atoms with van der Waals surface area (Å²) in [5.74, 6) is 6.94. The average molecular weight is 415 g/mol. The van der Waals surface area contributed by atoms with E-state index in [1.54, 1.807) is 6.07 Å². The monoisotopic (exact) mass is 415 g/mol. The van der Waals surface area contributed by atoms with E-state index in [2.05, 4.69) is 29.4 Å². The number of ether oxygens (including phenoxy) is 1. The highest BCUT2D eigenvalue weighted by Gasteiger charge is 2.13. The second-order valence-corrected chi connectivity index (χ2v) is 7.57. The fourth-order valence-electron chi connectivity index (χ4n) is 2.49. The molecule has 3 aromatic rings. The summed E-state index contributed by atoms with van der Waals surface area (Å²) in [5.41, 5.74) is 1.62. The van der Waals surface area contributed by atoms with Crippen molar-refractivity contribution in [3.63, 3.8) is 0 Å². The molecule has 1 aromatic heterocycles. The third-order valence-electron chi connectivity index (χ3n) is 4.09. The lowest BCUT2D eigenvalue weighted by molar-refractivity contribution is -0.113. The molecule has 0 aliphatic carbocycles. The van der Waals surface area contributed by atoms with Crippen molar-refractivity contribution < 1.29 is 13.9 Å². The number of rotatable bonds is 8. The van der Waals surface area contributed by atoms with Crippen LogP contribution in [-0.4, -0.2) is 26.5 Å². The lowest BCUT2D eigenvalue weighted by atomic mass is 10.0. The molecule has 7 nitrogen and oxygen atoms in total. The van der Waals surface area contributed by atoms with Gasteiger partial charge in [-0.25, -0.2) is 9.07 Å². The Bertz CT molecular complexity index is 975. The van der Waals surface area contributed by atoms with Crippen LogP contribution in [0.1, 0.15) is 31.2 Å². The summed E-state index contributed by atoms with van der Waals surface area (Å²) in [4.78, 5) is 12.0. The Kier molecular flexibility index (Phi) is 6.71. The van der Waals surface area contributed by atoms with Crippen molar-refractivity contribution in [1.82, 2.24) is 14.9 Å². The van der Waals surface area contributed by atoms with Gasteiger partial charge in [-0.1, -0.05) is 43.8 Å². The summed E-state index contributed by atoms with van der Waals surface area (Å²) in [6.45, 7) is 4.41. The Morgan fingerprint density at radius 1 is 1.24 bits per heavy atom. The van der Waals surface area contributed by atoms with Crippen LogP contribution < -0.4 is 15.9 Å². The van der Waals surface area contributed by atoms with Gasteiger partial charge in [-0.05, 0) is 41.8 Å². The van der Waals surface area contributed by atoms with Crippen molar-refractivity contribution in [2.45, 2.75) is 31.5 Å². The minimum Gasteiger partial charge on any atom is -0.486 e. The van der Waals surface area contributed by atoms with Crippen molar-refractivity contribution in [2.24, 2.45) is 0 Å². The molecule has 0 bridgehead atoms. The number of nitrogen functional groups attached to an aromatic ring is 1. The molecule has 0 saturated heterocycles. The molecule has 3 N–H and O–H groups in total. The molecule has 1 amide bonds. The van der Waals surface area contributed by atoms with E-state index in [0.29, 0.717) is 28.3 Å². The predicted octanol–water partition coefficient (Wildman–Crippen LogP) is 3.56. The molecule has 1 heterocycles. The average Bonchev–Trinajstić information content (AvgIpc) is 3.04. The van der Waals surface area contributed by atoms with Gasteiger partial charge in [0, 0.05) is 5.69 Å². The first kappa shape index (κ1) is 20.7. The van der Waals surface area contributed by atoms with Crippen LogP contribution in [-0.2, 0) is 11.4 Å². The summed E-state index contributed by atoms with van der Waals surface area (Å²) < 4.78 is 20.2. The highest BCUT2D eigenvalue weighted by atomic mass is 32.2. The van der Waals surface area contributed by atoms with Crippen LogP contribution in [0.3, 0.4) is 0 Å². The molecule has 0 saturated carbocycles. The van der Waals surface area contributed by atoms with Gasteiger partial charge in [-0.2, -0.15) is 0 Å². The number of carbonyl (C=O) groups is 1. The Hall–Kier alpha value is -3.07. The van der Waals surface area contributed by atoms with E-state index in [9.17, 15) is 9.18 Å². The maximum Gasteiger partial charge on any atom is 0.234 e. The second kappa shape index (κ2) is 9.42. The Labute approximate surface area is 172 Å². The van der Waals surface area contributed by atoms with Gasteiger partial charge in [0.15, 0.2) is 5.82 Å². The van der Waals surface area contributed by atoms with Crippen molar-refractivity contribution in [2.75, 3.05) is 16.9 Å². The number of nitrogens with zero attached hydrogens (tertiary/aromatic N) is 3. The summed E-state index contributed by atoms with van der Waals surface area (Å²) in [7, 11) is 0. The lowest BCUT2D eigenvalue weighted by Crippen LogP contribution is -2.18. The molecule has 3 rings (SSSR count). The lowest BCUT2D eigenvalue weighted by Gasteiger charge is -2.09. The predicted molar refractivity (Wildman–Crippen MR) is 111 cm³/mol. The molecule has 0 radical (unpaired) electrons. The van der Waals surface area contributed by atoms with Gasteiger partial charge in [0.05, 0.1) is 5.75 Å². The number of anilines is 1. The number of benzene rings is 2. The third-order valence-corrected chi connectivity index (χ3v) is 5.03. The molecule has 0 aliphatic rings. The molecule has 0 fully saturated rings. The zero-order valence-electron chi connectivity index (χ0n) is 16.1. The van der Waals surface area contributed by atoms with Crippen LogP contribution in [0.4, 0.5) is 10.1 Å². The van der Waals surface area contributed by atoms with Gasteiger partial charge in [0.1, 0.15) is 18.2 Å². The van der Waals surface area contributed by atoms with Gasteiger partial charge in [0.25, 0.3) is 0 Å². The second-order valence-electron chi connectivity index (χ2n) is 6.63. The zero-order chi connectivity index (χ0) is 20.8. The van der Waals surface area contributed by atoms with Gasteiger partial charge in [-0.15, -0.1) is 10.2 Å². The largest absolute Gasteiger partial charge is 0.486 e. The van der Waals surface area contributed by atoms with E-state index in [0.717, 1.165) is 11.8 Å². The molecular weight excluding hydrogens is 393 g/mol. The molecule has 2 aromatic carbocycles. The van der Waals surface area contributed by atoms with Crippen LogP contribution in [0.5, 0.6) is 5.75 Å². The van der Waals surface area contributed by atoms with Crippen molar-refractivity contribution in [3.05, 3.63) is 65.7 Å². The van der Waals surface area contributed by atoms with E-state index >= 15 is 0 Å². The quantitative estimate of drug-likeness (QED) is 0.431. The van der Waals surface area contributed by atoms with Crippen LogP contribution in [0.25, 0.3) is 0 Å². The Morgan fingerprint density at radius 3 is 2.69 bits per heavy atom. The summed E-state index contributed by atoms with van der Waals surface area (Å²) in [6, 6.07) is 13.5. The number of halogens is 1. The number of amides is 1. The number of carbonyl (C=O) groups excluding carboxylic acids is 1. The van der Waals surface area contributed by atoms with Crippen LogP contribution in [0, 0.1) is 5.82 Å². The van der Waals surface area contributed by atoms with Crippen molar-refractivity contribution >= 4 is 23.4 Å². The van der Waals surface area contributed by atoms with Crippen LogP contribution in [0.2, 0.25) is 0 Å². The van der Waals surface area contributed by atoms with Gasteiger partial charge in [-0.3, -0.25) is 4.79 Å². The highest BCUT2D eigenvalue weighted by molar-refractivity contribution is 7.99. The number of thioether (sulfide) groups is 1. The molecular formula is C20H22FN5O2S. The smallest absolute Gasteiger partial charge is 0.234 e. The molecule has 0 aliphatic heterocycles. The van der Waals surface area contributed by atoms with Gasteiger partial charge < -0.3 is 15.9 Å². The number of nitrogens with two attached hydrogens (primary N) is 1. The van der Waals surface area contributed by atoms with Gasteiger partial charge in [0.2, 0.25) is 11.1 Å². The first-order chi connectivity index (χ1) is 13.9. The van der Waals surface area contributed by atoms with Crippen LogP contribution >= 0.6 is 11.8 Å². The maximum atomic E-state index is 13.2. The summed E-state index contributed by atoms with van der Waals surface area (Å²) in [6.07, 6.45) is 0. The number of hydrogen-bond acceptors (Lipinski definition) is 6. The third kappa shape index (κ3) is 5.71. The van der Waals surface area contributed by atoms with E-state index in [1.165, 1.54) is 28.4 Å². The topological polar surface area (TPSA) is 95.1 Å². The fraction of sp³-hybridized carbons (Fsp3) is 0.250. The molecule has 152 valence electrons. The summed E-state index contributed by atoms with van der Waals surface area (Å²) in [5, 5.41) is 11.0. The number of hydrogen-bond donors (Lipinski definition) is 2. The van der Waals surface area contributed by atoms with E-state index < -0.39 is 5.82 Å². The van der Waals surface area contributed by atoms with E-state index in [1.807, 2.05) is 24.3 Å². The molecule has 29 heavy (non-hydrogen) atoms. The zero-order valence-corrected chi connectivity index (χ0v) is 16.9. The maximum absolute atomic E-state index is 13.2. The first-order valence-electron chi connectivity index (χ1n) is 9.02. The molecule has 0 unspecified atom stereocenters. The summed E-state index contributed by atoms with van der Waals surface area (Å²) >= 11 is 1.13. The Balaban J connectivity index is 1.51. The van der Waals surface area contributed by atoms with E-state index in [4.69, 9.17) is 10.6 Å². The van der Waals surface area contributed by atoms with E-state index in [-0.39, 0.29) is 18.3 Å². The molecule has 9 heteroatoms. The highest BCUT2D eigenvalue weighted by Crippen LogP contribution is 2.20. The van der Waals surface area contributed by atoms with Crippen molar-refractivity contribution in [1.29, 1.82) is 0 Å². The Morgan fingerprint density at radius 2 is 2.00 bits per heavy atom. The van der Waals surface area contributed by atoms with Gasteiger partial charge >= 0.3 is 0 Å². The SMILES string of the molecule is CC(C)c1ccc(OCc2nnc(SCC(=O)Nc3cccc(F)c3)n2N)cc1. The minimum atomic E-state index is -0.416. The number of aromatic nitrogens is 3. The molecule has 0 spiro atoms. The van der Waals surface area contributed by atoms with Crippen molar-refractivity contribution in [3.8, 4) is 5.75 Å². The normalized spacial score (nSPS) is 10.9. The number of nitrogens with one attached hydrogen (secondary N) is 1. The fourth-order valence-corrected chi connectivity index (χ4v) is 3.17. The first-order valence-corrected chi connectivity index (χ1v) is 10.0. The standard InChI is InChI=1S/C20H22FN5O2S/c1-13(2)14-6-8-17(9-7-14)28-11-18-24-25-20(26(18)22)29-12-19(27)23-16-5-3-4-15(21)10-16/h3-10,13H,11-12,22H2,1-2H3,(H,23,27). The minimum absolute atomic E-state index is 0.0589. The van der Waals surface area contributed by atoms with Crippen LogP contribution in [0.15, 0.2) is 53.7 Å². The molecule has 0 atom stereocenters.